The lowest BCUT2D eigenvalue weighted by Gasteiger charge is -2.23. The largest absolute Gasteiger partial charge is 0.504 e. The fraction of sp³-hybridized carbons (Fsp3) is 0.321. The average molecular weight is 465 g/mol. The Balaban J connectivity index is 1.67. The smallest absolute Gasteiger partial charge is 0.160 e. The number of aryl methyl sites for hydroxylation is 1. The summed E-state index contributed by atoms with van der Waals surface area (Å²) in [5.74, 6) is 0.661. The highest BCUT2D eigenvalue weighted by molar-refractivity contribution is 5.79. The number of methoxy groups -OCH3 is 2. The van der Waals surface area contributed by atoms with Crippen molar-refractivity contribution in [3.63, 3.8) is 0 Å². The van der Waals surface area contributed by atoms with Crippen molar-refractivity contribution in [2.24, 2.45) is 5.92 Å². The van der Waals surface area contributed by atoms with Crippen molar-refractivity contribution in [2.45, 2.75) is 38.2 Å². The zero-order valence-corrected chi connectivity index (χ0v) is 19.6. The number of aliphatic hydroxyl groups is 1. The lowest BCUT2D eigenvalue weighted by atomic mass is 9.85. The average Bonchev–Trinajstić information content (AvgIpc) is 2.84. The third-order valence-electron chi connectivity index (χ3n) is 6.00. The molecule has 0 saturated heterocycles. The van der Waals surface area contributed by atoms with E-state index in [4.69, 9.17) is 9.47 Å². The Bertz CT molecular complexity index is 1080. The van der Waals surface area contributed by atoms with Crippen molar-refractivity contribution in [2.75, 3.05) is 14.2 Å². The second-order valence-electron chi connectivity index (χ2n) is 8.48. The van der Waals surface area contributed by atoms with Crippen molar-refractivity contribution in [1.82, 2.24) is 0 Å². The first-order chi connectivity index (χ1) is 16.4. The van der Waals surface area contributed by atoms with E-state index in [0.29, 0.717) is 30.8 Å². The Kier molecular flexibility index (Phi) is 8.93. The molecule has 3 rings (SSSR count). The van der Waals surface area contributed by atoms with Gasteiger partial charge in [0.15, 0.2) is 23.0 Å². The van der Waals surface area contributed by atoms with E-state index >= 15 is 0 Å². The summed E-state index contributed by atoms with van der Waals surface area (Å²) in [7, 11) is 2.98. The summed E-state index contributed by atoms with van der Waals surface area (Å²) in [6, 6.07) is 20.1. The number of aromatic hydroxyl groups is 2. The number of hydrogen-bond acceptors (Lipinski definition) is 6. The molecule has 0 aliphatic heterocycles. The van der Waals surface area contributed by atoms with E-state index in [-0.39, 0.29) is 36.0 Å². The van der Waals surface area contributed by atoms with Crippen LogP contribution in [0.2, 0.25) is 0 Å². The normalized spacial score (nSPS) is 12.7. The number of ketones is 1. The molecule has 0 fully saturated rings. The molecular weight excluding hydrogens is 432 g/mol. The number of hydrogen-bond donors (Lipinski definition) is 3. The first kappa shape index (κ1) is 25.1. The summed E-state index contributed by atoms with van der Waals surface area (Å²) in [5, 5.41) is 30.7. The van der Waals surface area contributed by atoms with Gasteiger partial charge in [-0.1, -0.05) is 42.5 Å². The SMILES string of the molecule is COc1cc(CCC(=O)C[C@@H](O)[C@H](Cc2ccccc2)Cc2ccc(O)c(OC)c2)ccc1O. The quantitative estimate of drug-likeness (QED) is 0.366. The van der Waals surface area contributed by atoms with Crippen LogP contribution in [0.4, 0.5) is 0 Å². The fourth-order valence-corrected chi connectivity index (χ4v) is 4.08. The fourth-order valence-electron chi connectivity index (χ4n) is 4.08. The minimum Gasteiger partial charge on any atom is -0.504 e. The molecule has 3 aromatic carbocycles. The van der Waals surface area contributed by atoms with Crippen LogP contribution in [0.1, 0.15) is 29.5 Å². The molecule has 6 heteroatoms. The first-order valence-electron chi connectivity index (χ1n) is 11.3. The molecule has 3 N–H and O–H groups in total. The third-order valence-corrected chi connectivity index (χ3v) is 6.00. The van der Waals surface area contributed by atoms with Crippen LogP contribution in [0.25, 0.3) is 0 Å². The Hall–Kier alpha value is -3.51. The van der Waals surface area contributed by atoms with Gasteiger partial charge in [-0.2, -0.15) is 0 Å². The Morgan fingerprint density at radius 2 is 1.35 bits per heavy atom. The molecule has 0 aliphatic carbocycles. The number of phenols is 2. The van der Waals surface area contributed by atoms with Gasteiger partial charge < -0.3 is 24.8 Å². The Morgan fingerprint density at radius 3 is 1.97 bits per heavy atom. The van der Waals surface area contributed by atoms with Crippen molar-refractivity contribution in [3.05, 3.63) is 83.4 Å². The predicted octanol–water partition coefficient (Wildman–Crippen LogP) is 4.47. The minimum absolute atomic E-state index is 0.0270. The van der Waals surface area contributed by atoms with Gasteiger partial charge in [0.2, 0.25) is 0 Å². The van der Waals surface area contributed by atoms with Crippen molar-refractivity contribution in [1.29, 1.82) is 0 Å². The molecule has 0 unspecified atom stereocenters. The predicted molar refractivity (Wildman–Crippen MR) is 131 cm³/mol. The van der Waals surface area contributed by atoms with Gasteiger partial charge in [0, 0.05) is 12.8 Å². The highest BCUT2D eigenvalue weighted by Gasteiger charge is 2.23. The maximum absolute atomic E-state index is 12.7. The molecule has 0 bridgehead atoms. The highest BCUT2D eigenvalue weighted by Crippen LogP contribution is 2.30. The number of aliphatic hydroxyl groups excluding tert-OH is 1. The van der Waals surface area contributed by atoms with Gasteiger partial charge in [-0.25, -0.2) is 0 Å². The summed E-state index contributed by atoms with van der Waals surface area (Å²) in [6.07, 6.45) is 1.18. The monoisotopic (exact) mass is 464 g/mol. The topological polar surface area (TPSA) is 96.2 Å². The molecule has 0 aliphatic rings. The molecular formula is C28H32O6. The summed E-state index contributed by atoms with van der Waals surface area (Å²) in [6.45, 7) is 0. The second-order valence-corrected chi connectivity index (χ2v) is 8.48. The second kappa shape index (κ2) is 12.1. The summed E-state index contributed by atoms with van der Waals surface area (Å²) >= 11 is 0. The van der Waals surface area contributed by atoms with Gasteiger partial charge in [-0.15, -0.1) is 0 Å². The molecule has 2 atom stereocenters. The number of rotatable bonds is 12. The van der Waals surface area contributed by atoms with Gasteiger partial charge in [0.05, 0.1) is 20.3 Å². The lowest BCUT2D eigenvalue weighted by Crippen LogP contribution is -2.27. The summed E-state index contributed by atoms with van der Waals surface area (Å²) < 4.78 is 10.3. The molecule has 0 radical (unpaired) electrons. The first-order valence-corrected chi connectivity index (χ1v) is 11.3. The molecule has 34 heavy (non-hydrogen) atoms. The minimum atomic E-state index is -0.818. The van der Waals surface area contributed by atoms with Crippen LogP contribution in [0.15, 0.2) is 66.7 Å². The maximum Gasteiger partial charge on any atom is 0.160 e. The Labute approximate surface area is 200 Å². The van der Waals surface area contributed by atoms with Gasteiger partial charge in [-0.3, -0.25) is 4.79 Å². The molecule has 0 spiro atoms. The number of Topliss-reactive ketones (excluding diaryl/α,β-unsaturated/α-hetero) is 1. The van der Waals surface area contributed by atoms with Crippen molar-refractivity contribution in [3.8, 4) is 23.0 Å². The van der Waals surface area contributed by atoms with E-state index in [1.54, 1.807) is 30.3 Å². The summed E-state index contributed by atoms with van der Waals surface area (Å²) in [5.41, 5.74) is 2.88. The molecule has 6 nitrogen and oxygen atoms in total. The Morgan fingerprint density at radius 1 is 0.794 bits per heavy atom. The van der Waals surface area contributed by atoms with Crippen LogP contribution >= 0.6 is 0 Å². The van der Waals surface area contributed by atoms with Gasteiger partial charge in [-0.05, 0) is 66.1 Å². The van der Waals surface area contributed by atoms with Crippen LogP contribution in [0.3, 0.4) is 0 Å². The molecule has 0 heterocycles. The van der Waals surface area contributed by atoms with Gasteiger partial charge in [0.1, 0.15) is 5.78 Å². The van der Waals surface area contributed by atoms with E-state index in [0.717, 1.165) is 16.7 Å². The van der Waals surface area contributed by atoms with E-state index in [2.05, 4.69) is 0 Å². The number of carbonyl (C=O) groups is 1. The molecule has 0 amide bonds. The number of carbonyl (C=O) groups excluding carboxylic acids is 1. The lowest BCUT2D eigenvalue weighted by molar-refractivity contribution is -0.121. The van der Waals surface area contributed by atoms with E-state index in [9.17, 15) is 20.1 Å². The summed E-state index contributed by atoms with van der Waals surface area (Å²) in [4.78, 5) is 12.7. The molecule has 3 aromatic rings. The zero-order chi connectivity index (χ0) is 24.5. The molecule has 0 saturated carbocycles. The highest BCUT2D eigenvalue weighted by atomic mass is 16.5. The van der Waals surface area contributed by atoms with Crippen LogP contribution in [-0.4, -0.2) is 41.4 Å². The van der Waals surface area contributed by atoms with Gasteiger partial charge >= 0.3 is 0 Å². The van der Waals surface area contributed by atoms with Crippen LogP contribution < -0.4 is 9.47 Å². The van der Waals surface area contributed by atoms with E-state index < -0.39 is 6.10 Å². The molecule has 180 valence electrons. The van der Waals surface area contributed by atoms with Crippen LogP contribution in [-0.2, 0) is 24.1 Å². The number of benzene rings is 3. The van der Waals surface area contributed by atoms with Crippen LogP contribution in [0.5, 0.6) is 23.0 Å². The van der Waals surface area contributed by atoms with Crippen molar-refractivity contribution >= 4 is 5.78 Å². The third kappa shape index (κ3) is 6.99. The maximum atomic E-state index is 12.7. The number of ether oxygens (including phenoxy) is 2. The standard InChI is InChI=1S/C28H32O6/c1-33-27-16-20(9-12-24(27)30)8-11-23(29)18-26(32)22(14-19-6-4-3-5-7-19)15-21-10-13-25(31)28(17-21)34-2/h3-7,9-10,12-13,16-17,22,26,30-32H,8,11,14-15,18H2,1-2H3/t22-,26-/m1/s1. The van der Waals surface area contributed by atoms with Gasteiger partial charge in [0.25, 0.3) is 0 Å². The van der Waals surface area contributed by atoms with Crippen molar-refractivity contribution < 1.29 is 29.6 Å². The van der Waals surface area contributed by atoms with E-state index in [1.807, 2.05) is 36.4 Å². The van der Waals surface area contributed by atoms with Crippen LogP contribution in [0, 0.1) is 5.92 Å². The number of phenolic OH excluding ortho intramolecular Hbond substituents is 2. The molecule has 0 aromatic heterocycles. The zero-order valence-electron chi connectivity index (χ0n) is 19.6. The van der Waals surface area contributed by atoms with E-state index in [1.165, 1.54) is 14.2 Å².